The van der Waals surface area contributed by atoms with Crippen molar-refractivity contribution in [2.75, 3.05) is 31.7 Å². The van der Waals surface area contributed by atoms with Gasteiger partial charge in [0.25, 0.3) is 5.91 Å². The molecule has 1 saturated heterocycles. The maximum absolute atomic E-state index is 14.1. The molecular formula is C34H48N6O10S. The zero-order valence-corrected chi connectivity index (χ0v) is 30.4. The Kier molecular flexibility index (Phi) is 12.4. The van der Waals surface area contributed by atoms with Crippen molar-refractivity contribution in [3.05, 3.63) is 42.5 Å². The van der Waals surface area contributed by atoms with Gasteiger partial charge in [0.15, 0.2) is 0 Å². The number of carbonyl (C=O) groups is 6. The average molecular weight is 733 g/mol. The van der Waals surface area contributed by atoms with Gasteiger partial charge in [0.1, 0.15) is 35.1 Å². The third-order valence-electron chi connectivity index (χ3n) is 8.60. The quantitative estimate of drug-likeness (QED) is 0.300. The number of allylic oxidation sites excluding steroid dienone is 1. The number of alkyl carbamates (subject to hydrolysis) is 1. The maximum atomic E-state index is 14.1. The van der Waals surface area contributed by atoms with Crippen molar-refractivity contribution in [2.45, 2.75) is 95.0 Å². The second-order valence-electron chi connectivity index (χ2n) is 14.3. The SMILES string of the molecule is CN(C)C(=O)O[C@@H]1C[C@H]2C(=O)N[C@]3(C(=O)NS(=O)(=O)CC(=O)Nc4ccccc4)C[C@H]3/C=C\CCCCC[C@H](NC(=O)OC(C)(C)C)C(=O)N2C1. The summed E-state index contributed by atoms with van der Waals surface area (Å²) in [7, 11) is -1.53. The summed E-state index contributed by atoms with van der Waals surface area (Å²) < 4.78 is 38.9. The molecule has 2 fully saturated rings. The number of sulfonamides is 1. The molecule has 16 nitrogen and oxygen atoms in total. The summed E-state index contributed by atoms with van der Waals surface area (Å²) in [6, 6.07) is 5.89. The normalized spacial score (nSPS) is 26.1. The van der Waals surface area contributed by atoms with Gasteiger partial charge in [-0.3, -0.25) is 23.9 Å². The summed E-state index contributed by atoms with van der Waals surface area (Å²) in [5, 5.41) is 7.80. The molecule has 280 valence electrons. The fourth-order valence-corrected chi connectivity index (χ4v) is 6.98. The summed E-state index contributed by atoms with van der Waals surface area (Å²) in [5.41, 5.74) is -2.16. The molecule has 1 aromatic carbocycles. The summed E-state index contributed by atoms with van der Waals surface area (Å²) in [5.74, 6) is -4.90. The minimum absolute atomic E-state index is 0.0648. The minimum atomic E-state index is -4.50. The van der Waals surface area contributed by atoms with Gasteiger partial charge < -0.3 is 35.2 Å². The fourth-order valence-electron chi connectivity index (χ4n) is 6.02. The van der Waals surface area contributed by atoms with Crippen LogP contribution in [0.15, 0.2) is 42.5 Å². The molecular weight excluding hydrogens is 684 g/mol. The Bertz CT molecular complexity index is 1630. The molecule has 2 heterocycles. The first kappa shape index (κ1) is 39.1. The predicted molar refractivity (Wildman–Crippen MR) is 185 cm³/mol. The van der Waals surface area contributed by atoms with E-state index in [1.165, 1.54) is 23.9 Å². The lowest BCUT2D eigenvalue weighted by Crippen LogP contribution is -2.58. The van der Waals surface area contributed by atoms with Crippen LogP contribution in [0.3, 0.4) is 0 Å². The number of carbonyl (C=O) groups excluding carboxylic acids is 6. The Balaban J connectivity index is 1.59. The number of nitrogens with one attached hydrogen (secondary N) is 4. The van der Waals surface area contributed by atoms with Crippen LogP contribution in [0.1, 0.15) is 65.7 Å². The van der Waals surface area contributed by atoms with E-state index >= 15 is 0 Å². The number of para-hydroxylation sites is 1. The van der Waals surface area contributed by atoms with Crippen molar-refractivity contribution in [1.29, 1.82) is 0 Å². The molecule has 1 aliphatic carbocycles. The van der Waals surface area contributed by atoms with Crippen molar-refractivity contribution in [3.8, 4) is 0 Å². The smallest absolute Gasteiger partial charge is 0.409 e. The molecule has 0 radical (unpaired) electrons. The van der Waals surface area contributed by atoms with E-state index in [9.17, 15) is 37.2 Å². The van der Waals surface area contributed by atoms with Crippen molar-refractivity contribution in [2.24, 2.45) is 5.92 Å². The summed E-state index contributed by atoms with van der Waals surface area (Å²) >= 11 is 0. The lowest BCUT2D eigenvalue weighted by molar-refractivity contribution is -0.141. The van der Waals surface area contributed by atoms with Gasteiger partial charge in [-0.05, 0) is 58.6 Å². The van der Waals surface area contributed by atoms with Gasteiger partial charge in [-0.15, -0.1) is 0 Å². The number of anilines is 1. The molecule has 2 aliphatic heterocycles. The largest absolute Gasteiger partial charge is 0.444 e. The second-order valence-corrected chi connectivity index (χ2v) is 16.0. The van der Waals surface area contributed by atoms with Gasteiger partial charge in [0, 0.05) is 32.1 Å². The van der Waals surface area contributed by atoms with Crippen LogP contribution < -0.4 is 20.7 Å². The molecule has 0 aromatic heterocycles. The minimum Gasteiger partial charge on any atom is -0.444 e. The summed E-state index contributed by atoms with van der Waals surface area (Å²) in [6.45, 7) is 4.89. The summed E-state index contributed by atoms with van der Waals surface area (Å²) in [6.07, 6.45) is 4.01. The molecule has 6 amide bonds. The molecule has 0 bridgehead atoms. The summed E-state index contributed by atoms with van der Waals surface area (Å²) in [4.78, 5) is 82.0. The van der Waals surface area contributed by atoms with Crippen LogP contribution in [0, 0.1) is 5.92 Å². The van der Waals surface area contributed by atoms with Crippen molar-refractivity contribution in [1.82, 2.24) is 25.2 Å². The van der Waals surface area contributed by atoms with Gasteiger partial charge in [-0.1, -0.05) is 43.2 Å². The monoisotopic (exact) mass is 732 g/mol. The van der Waals surface area contributed by atoms with Crippen LogP contribution in [-0.4, -0.2) is 110 Å². The van der Waals surface area contributed by atoms with Crippen molar-refractivity contribution >= 4 is 51.5 Å². The highest BCUT2D eigenvalue weighted by Crippen LogP contribution is 2.45. The Morgan fingerprint density at radius 1 is 1.06 bits per heavy atom. The molecule has 17 heteroatoms. The Labute approximate surface area is 298 Å². The van der Waals surface area contributed by atoms with E-state index in [-0.39, 0.29) is 25.8 Å². The van der Waals surface area contributed by atoms with E-state index < -0.39 is 86.8 Å². The topological polar surface area (TPSA) is 210 Å². The zero-order valence-electron chi connectivity index (χ0n) is 29.6. The van der Waals surface area contributed by atoms with E-state index in [1.807, 2.05) is 10.8 Å². The van der Waals surface area contributed by atoms with Gasteiger partial charge in [-0.25, -0.2) is 18.0 Å². The lowest BCUT2D eigenvalue weighted by Gasteiger charge is -2.30. The van der Waals surface area contributed by atoms with Gasteiger partial charge in [0.05, 0.1) is 6.54 Å². The molecule has 5 atom stereocenters. The first-order valence-corrected chi connectivity index (χ1v) is 18.6. The molecule has 51 heavy (non-hydrogen) atoms. The first-order chi connectivity index (χ1) is 23.9. The van der Waals surface area contributed by atoms with Crippen LogP contribution in [-0.2, 0) is 38.7 Å². The van der Waals surface area contributed by atoms with Crippen LogP contribution in [0.4, 0.5) is 15.3 Å². The third-order valence-corrected chi connectivity index (χ3v) is 9.73. The number of fused-ring (bicyclic) bond motifs is 2. The highest BCUT2D eigenvalue weighted by molar-refractivity contribution is 7.90. The van der Waals surface area contributed by atoms with E-state index in [4.69, 9.17) is 9.47 Å². The Morgan fingerprint density at radius 2 is 1.76 bits per heavy atom. The number of hydrogen-bond donors (Lipinski definition) is 4. The van der Waals surface area contributed by atoms with Gasteiger partial charge in [-0.2, -0.15) is 0 Å². The van der Waals surface area contributed by atoms with Gasteiger partial charge in [0.2, 0.25) is 27.7 Å². The standard InChI is InChI=1S/C34H48N6O10S/c1-33(2,3)50-31(45)36-25-17-13-8-6-7-10-14-22-19-34(22,30(44)38-51(47,48)21-27(41)35-23-15-11-9-12-16-23)37-28(42)26-18-24(20-40(26)29(25)43)49-32(46)39(4)5/h9-12,14-16,22,24-26H,6-8,13,17-21H2,1-5H3,(H,35,41)(H,36,45)(H,37,42)(H,38,44)/b14-10-/t22-,24-,25+,26+,34-/m1/s1. The second kappa shape index (κ2) is 16.1. The number of ether oxygens (including phenoxy) is 2. The molecule has 0 spiro atoms. The Morgan fingerprint density at radius 3 is 2.43 bits per heavy atom. The van der Waals surface area contributed by atoms with Crippen LogP contribution in [0.2, 0.25) is 0 Å². The molecule has 1 aromatic rings. The fraction of sp³-hybridized carbons (Fsp3) is 0.588. The number of amides is 6. The maximum Gasteiger partial charge on any atom is 0.409 e. The van der Waals surface area contributed by atoms with Crippen LogP contribution in [0.25, 0.3) is 0 Å². The Hall–Kier alpha value is -4.67. The van der Waals surface area contributed by atoms with Crippen LogP contribution >= 0.6 is 0 Å². The van der Waals surface area contributed by atoms with E-state index in [1.54, 1.807) is 57.2 Å². The van der Waals surface area contributed by atoms with E-state index in [0.717, 1.165) is 6.42 Å². The highest BCUT2D eigenvalue weighted by Gasteiger charge is 2.61. The number of hydrogen-bond acceptors (Lipinski definition) is 10. The average Bonchev–Trinajstić information content (AvgIpc) is 3.55. The molecule has 3 aliphatic rings. The van der Waals surface area contributed by atoms with E-state index in [0.29, 0.717) is 24.9 Å². The molecule has 4 N–H and O–H groups in total. The van der Waals surface area contributed by atoms with Crippen molar-refractivity contribution < 1.29 is 46.7 Å². The zero-order chi connectivity index (χ0) is 37.6. The highest BCUT2D eigenvalue weighted by atomic mass is 32.2. The van der Waals surface area contributed by atoms with Gasteiger partial charge >= 0.3 is 12.2 Å². The van der Waals surface area contributed by atoms with Crippen molar-refractivity contribution in [3.63, 3.8) is 0 Å². The number of rotatable bonds is 7. The predicted octanol–water partition coefficient (Wildman–Crippen LogP) is 2.03. The number of nitrogens with zero attached hydrogens (tertiary/aromatic N) is 2. The van der Waals surface area contributed by atoms with Crippen LogP contribution in [0.5, 0.6) is 0 Å². The van der Waals surface area contributed by atoms with E-state index in [2.05, 4.69) is 16.0 Å². The first-order valence-electron chi connectivity index (χ1n) is 17.0. The molecule has 4 rings (SSSR count). The molecule has 1 saturated carbocycles. The lowest BCUT2D eigenvalue weighted by atomic mass is 10.0. The number of benzene rings is 1. The third kappa shape index (κ3) is 10.9. The molecule has 0 unspecified atom stereocenters.